The smallest absolute Gasteiger partial charge is 0.235 e. The van der Waals surface area contributed by atoms with Crippen LogP contribution in [-0.2, 0) is 19.6 Å². The molecule has 1 aliphatic rings. The van der Waals surface area contributed by atoms with Gasteiger partial charge in [0.2, 0.25) is 21.8 Å². The van der Waals surface area contributed by atoms with E-state index in [1.165, 1.54) is 0 Å². The first kappa shape index (κ1) is 18.9. The lowest BCUT2D eigenvalue weighted by Crippen LogP contribution is -2.46. The van der Waals surface area contributed by atoms with E-state index in [0.29, 0.717) is 6.54 Å². The van der Waals surface area contributed by atoms with Gasteiger partial charge in [0.1, 0.15) is 0 Å². The molecule has 1 rings (SSSR count). The summed E-state index contributed by atoms with van der Waals surface area (Å²) in [6.45, 7) is 4.93. The van der Waals surface area contributed by atoms with Crippen molar-refractivity contribution in [1.29, 1.82) is 0 Å². The molecule has 0 aromatic carbocycles. The van der Waals surface area contributed by atoms with E-state index in [0.717, 1.165) is 19.4 Å². The van der Waals surface area contributed by atoms with Crippen LogP contribution in [0.3, 0.4) is 0 Å². The highest BCUT2D eigenvalue weighted by Gasteiger charge is 2.18. The van der Waals surface area contributed by atoms with E-state index in [4.69, 9.17) is 0 Å². The third kappa shape index (κ3) is 8.30. The maximum atomic E-state index is 11.7. The molecule has 128 valence electrons. The molecule has 1 saturated heterocycles. The summed E-state index contributed by atoms with van der Waals surface area (Å²) >= 11 is 0. The number of nitrogens with one attached hydrogen (secondary N) is 4. The second kappa shape index (κ2) is 9.06. The van der Waals surface area contributed by atoms with Crippen LogP contribution >= 0.6 is 0 Å². The van der Waals surface area contributed by atoms with Crippen LogP contribution in [0.4, 0.5) is 0 Å². The van der Waals surface area contributed by atoms with Gasteiger partial charge in [0.15, 0.2) is 0 Å². The number of amides is 2. The molecule has 1 fully saturated rings. The summed E-state index contributed by atoms with van der Waals surface area (Å²) in [4.78, 5) is 23.1. The average Bonchev–Trinajstić information content (AvgIpc) is 2.44. The number of hydrogen-bond acceptors (Lipinski definition) is 5. The van der Waals surface area contributed by atoms with Crippen molar-refractivity contribution in [2.45, 2.75) is 45.2 Å². The zero-order valence-corrected chi connectivity index (χ0v) is 14.0. The van der Waals surface area contributed by atoms with Crippen molar-refractivity contribution < 1.29 is 18.0 Å². The van der Waals surface area contributed by atoms with Crippen molar-refractivity contribution in [3.05, 3.63) is 0 Å². The van der Waals surface area contributed by atoms with E-state index < -0.39 is 15.9 Å². The van der Waals surface area contributed by atoms with Crippen LogP contribution < -0.4 is 20.7 Å². The SMILES string of the molecule is CC(C)NC(=O)CNS(=O)(=O)CCC(=O)NC1CCCNC1. The van der Waals surface area contributed by atoms with Crippen LogP contribution in [-0.4, -0.2) is 57.7 Å². The van der Waals surface area contributed by atoms with Crippen LogP contribution in [0.5, 0.6) is 0 Å². The van der Waals surface area contributed by atoms with Gasteiger partial charge in [-0.05, 0) is 33.2 Å². The van der Waals surface area contributed by atoms with Gasteiger partial charge in [-0.2, -0.15) is 0 Å². The number of hydrogen-bond donors (Lipinski definition) is 4. The number of piperidine rings is 1. The fourth-order valence-electron chi connectivity index (χ4n) is 2.12. The summed E-state index contributed by atoms with van der Waals surface area (Å²) in [5.41, 5.74) is 0. The Bertz CT molecular complexity index is 472. The topological polar surface area (TPSA) is 116 Å². The summed E-state index contributed by atoms with van der Waals surface area (Å²) in [5.74, 6) is -1.00. The first-order valence-corrected chi connectivity index (χ1v) is 9.20. The number of sulfonamides is 1. The molecule has 0 spiro atoms. The minimum absolute atomic E-state index is 0.0492. The van der Waals surface area contributed by atoms with Crippen molar-refractivity contribution >= 4 is 21.8 Å². The summed E-state index contributed by atoms with van der Waals surface area (Å²) < 4.78 is 25.7. The Morgan fingerprint density at radius 2 is 2.00 bits per heavy atom. The molecule has 0 aliphatic carbocycles. The lowest BCUT2D eigenvalue weighted by Gasteiger charge is -2.23. The van der Waals surface area contributed by atoms with Crippen molar-refractivity contribution in [2.24, 2.45) is 0 Å². The molecular formula is C13H26N4O4S. The van der Waals surface area contributed by atoms with Crippen LogP contribution in [0, 0.1) is 0 Å². The molecule has 0 aromatic rings. The zero-order chi connectivity index (χ0) is 16.6. The quantitative estimate of drug-likeness (QED) is 0.440. The Balaban J connectivity index is 2.26. The number of rotatable bonds is 8. The predicted molar refractivity (Wildman–Crippen MR) is 83.7 cm³/mol. The van der Waals surface area contributed by atoms with E-state index in [1.807, 2.05) is 0 Å². The Morgan fingerprint density at radius 1 is 1.27 bits per heavy atom. The van der Waals surface area contributed by atoms with Gasteiger partial charge in [0.25, 0.3) is 0 Å². The van der Waals surface area contributed by atoms with Gasteiger partial charge in [0, 0.05) is 25.0 Å². The van der Waals surface area contributed by atoms with Gasteiger partial charge in [-0.25, -0.2) is 13.1 Å². The van der Waals surface area contributed by atoms with Crippen LogP contribution in [0.2, 0.25) is 0 Å². The lowest BCUT2D eigenvalue weighted by molar-refractivity contribution is -0.121. The fraction of sp³-hybridized carbons (Fsp3) is 0.846. The van der Waals surface area contributed by atoms with Crippen LogP contribution in [0.1, 0.15) is 33.1 Å². The molecule has 0 saturated carbocycles. The number of carbonyl (C=O) groups excluding carboxylic acids is 2. The average molecular weight is 334 g/mol. The maximum Gasteiger partial charge on any atom is 0.235 e. The highest BCUT2D eigenvalue weighted by Crippen LogP contribution is 2.01. The molecule has 1 aliphatic heterocycles. The molecule has 1 heterocycles. The van der Waals surface area contributed by atoms with Crippen molar-refractivity contribution in [3.63, 3.8) is 0 Å². The normalized spacial score (nSPS) is 19.0. The molecule has 22 heavy (non-hydrogen) atoms. The predicted octanol–water partition coefficient (Wildman–Crippen LogP) is -1.31. The third-order valence-corrected chi connectivity index (χ3v) is 4.49. The maximum absolute atomic E-state index is 11.7. The highest BCUT2D eigenvalue weighted by atomic mass is 32.2. The summed E-state index contributed by atoms with van der Waals surface area (Å²) in [5, 5.41) is 8.56. The Hall–Kier alpha value is -1.19. The summed E-state index contributed by atoms with van der Waals surface area (Å²) in [6, 6.07) is 0.0145. The van der Waals surface area contributed by atoms with E-state index >= 15 is 0 Å². The monoisotopic (exact) mass is 334 g/mol. The first-order chi connectivity index (χ1) is 10.3. The molecule has 0 aromatic heterocycles. The molecule has 2 amide bonds. The molecule has 9 heteroatoms. The second-order valence-electron chi connectivity index (χ2n) is 5.72. The van der Waals surface area contributed by atoms with Gasteiger partial charge in [-0.1, -0.05) is 0 Å². The van der Waals surface area contributed by atoms with Crippen molar-refractivity contribution in [2.75, 3.05) is 25.4 Å². The summed E-state index contributed by atoms with van der Waals surface area (Å²) in [6.07, 6.45) is 1.78. The second-order valence-corrected chi connectivity index (χ2v) is 7.65. The highest BCUT2D eigenvalue weighted by molar-refractivity contribution is 7.89. The standard InChI is InChI=1S/C13H26N4O4S/c1-10(2)16-13(19)9-15-22(20,21)7-5-12(18)17-11-4-3-6-14-8-11/h10-11,14-15H,3-9H2,1-2H3,(H,16,19)(H,17,18). The minimum Gasteiger partial charge on any atom is -0.353 e. The van der Waals surface area contributed by atoms with Gasteiger partial charge in [0.05, 0.1) is 12.3 Å². The van der Waals surface area contributed by atoms with Crippen LogP contribution in [0.15, 0.2) is 0 Å². The fourth-order valence-corrected chi connectivity index (χ4v) is 3.07. The largest absolute Gasteiger partial charge is 0.353 e. The van der Waals surface area contributed by atoms with E-state index in [2.05, 4.69) is 20.7 Å². The molecule has 1 atom stereocenters. The van der Waals surface area contributed by atoms with E-state index in [1.54, 1.807) is 13.8 Å². The number of carbonyl (C=O) groups is 2. The van der Waals surface area contributed by atoms with Gasteiger partial charge in [-0.15, -0.1) is 0 Å². The van der Waals surface area contributed by atoms with Crippen LogP contribution in [0.25, 0.3) is 0 Å². The first-order valence-electron chi connectivity index (χ1n) is 7.55. The Morgan fingerprint density at radius 3 is 2.59 bits per heavy atom. The Kier molecular flexibility index (Phi) is 7.77. The zero-order valence-electron chi connectivity index (χ0n) is 13.1. The van der Waals surface area contributed by atoms with E-state index in [9.17, 15) is 18.0 Å². The molecule has 0 radical (unpaired) electrons. The molecule has 0 bridgehead atoms. The van der Waals surface area contributed by atoms with Crippen molar-refractivity contribution in [3.8, 4) is 0 Å². The minimum atomic E-state index is -3.64. The van der Waals surface area contributed by atoms with Gasteiger partial charge in [-0.3, -0.25) is 9.59 Å². The lowest BCUT2D eigenvalue weighted by atomic mass is 10.1. The van der Waals surface area contributed by atoms with Gasteiger partial charge >= 0.3 is 0 Å². The molecular weight excluding hydrogens is 308 g/mol. The molecule has 8 nitrogen and oxygen atoms in total. The summed E-state index contributed by atoms with van der Waals surface area (Å²) in [7, 11) is -3.64. The van der Waals surface area contributed by atoms with Crippen molar-refractivity contribution in [1.82, 2.24) is 20.7 Å². The molecule has 4 N–H and O–H groups in total. The molecule has 1 unspecified atom stereocenters. The van der Waals surface area contributed by atoms with E-state index in [-0.39, 0.29) is 36.7 Å². The van der Waals surface area contributed by atoms with Gasteiger partial charge < -0.3 is 16.0 Å². The third-order valence-electron chi connectivity index (χ3n) is 3.16. The Labute approximate surface area is 131 Å².